The van der Waals surface area contributed by atoms with Crippen LogP contribution in [0.5, 0.6) is 0 Å². The molecule has 0 aliphatic rings. The van der Waals surface area contributed by atoms with Crippen LogP contribution in [-0.4, -0.2) is 37.6 Å². The van der Waals surface area contributed by atoms with Crippen LogP contribution >= 0.6 is 0 Å². The van der Waals surface area contributed by atoms with E-state index in [4.69, 9.17) is 4.74 Å². The summed E-state index contributed by atoms with van der Waals surface area (Å²) in [6.07, 6.45) is 13.0. The van der Waals surface area contributed by atoms with Crippen molar-refractivity contribution < 1.29 is 23.9 Å². The van der Waals surface area contributed by atoms with E-state index in [1.54, 1.807) is 6.92 Å². The van der Waals surface area contributed by atoms with Gasteiger partial charge in [-0.25, -0.2) is 4.79 Å². The van der Waals surface area contributed by atoms with E-state index in [1.807, 2.05) is 20.8 Å². The summed E-state index contributed by atoms with van der Waals surface area (Å²) in [4.78, 5) is 34.8. The lowest BCUT2D eigenvalue weighted by Gasteiger charge is -2.33. The molecule has 0 aliphatic carbocycles. The third-order valence-corrected chi connectivity index (χ3v) is 4.67. The zero-order chi connectivity index (χ0) is 23.0. The van der Waals surface area contributed by atoms with Gasteiger partial charge in [0.25, 0.3) is 0 Å². The summed E-state index contributed by atoms with van der Waals surface area (Å²) in [7, 11) is 1.42. The Hall–Kier alpha value is -2.11. The summed E-state index contributed by atoms with van der Waals surface area (Å²) in [5.41, 5.74) is 0.609. The molecule has 0 radical (unpaired) electrons. The van der Waals surface area contributed by atoms with Crippen molar-refractivity contribution in [3.63, 3.8) is 0 Å². The van der Waals surface area contributed by atoms with E-state index in [1.165, 1.54) is 20.1 Å². The third-order valence-electron chi connectivity index (χ3n) is 4.67. The van der Waals surface area contributed by atoms with Gasteiger partial charge in [-0.15, -0.1) is 0 Å². The number of nitrogens with one attached hydrogen (secondary N) is 1. The number of allylic oxidation sites excluding steroid dienone is 2. The van der Waals surface area contributed by atoms with Crippen molar-refractivity contribution in [1.82, 2.24) is 5.32 Å². The fraction of sp³-hybridized carbons (Fsp3) is 0.708. The van der Waals surface area contributed by atoms with Gasteiger partial charge in [0.2, 0.25) is 5.91 Å². The van der Waals surface area contributed by atoms with Gasteiger partial charge in [0.05, 0.1) is 19.8 Å². The molecule has 0 saturated heterocycles. The smallest absolute Gasteiger partial charge is 0.330 e. The number of methoxy groups -OCH3 is 1. The first kappa shape index (κ1) is 27.9. The minimum atomic E-state index is -0.382. The van der Waals surface area contributed by atoms with Crippen molar-refractivity contribution in [2.75, 3.05) is 13.7 Å². The van der Waals surface area contributed by atoms with Crippen LogP contribution in [0.2, 0.25) is 0 Å². The number of hydrogen-bond acceptors (Lipinski definition) is 5. The van der Waals surface area contributed by atoms with E-state index in [-0.39, 0.29) is 29.3 Å². The molecule has 0 aliphatic heterocycles. The Labute approximate surface area is 182 Å². The second-order valence-corrected chi connectivity index (χ2v) is 8.53. The molecule has 30 heavy (non-hydrogen) atoms. The van der Waals surface area contributed by atoms with E-state index in [0.29, 0.717) is 19.4 Å². The first-order chi connectivity index (χ1) is 14.1. The van der Waals surface area contributed by atoms with Crippen molar-refractivity contribution in [1.29, 1.82) is 0 Å². The van der Waals surface area contributed by atoms with E-state index in [9.17, 15) is 14.4 Å². The van der Waals surface area contributed by atoms with Gasteiger partial charge < -0.3 is 14.8 Å². The largest absolute Gasteiger partial charge is 0.469 e. The standard InChI is InChI=1S/C24H41NO5/c1-7-30-22(28)18-20(23(24(3,4)5)25-19(2)26)16-14-12-10-8-9-11-13-15-17-21(27)29-6/h12,14,18,23H,7-11,13,15-17H2,1-6H3,(H,25,26)/b14-12+,20-18-/t23-/m1/s1. The van der Waals surface area contributed by atoms with Gasteiger partial charge in [-0.3, -0.25) is 9.59 Å². The summed E-state index contributed by atoms with van der Waals surface area (Å²) in [5, 5.41) is 2.98. The SMILES string of the molecule is CCOC(=O)/C=C(/C/C=C/CCCCCCCC(=O)OC)[C@@H](NC(C)=O)C(C)(C)C. The third kappa shape index (κ3) is 14.0. The van der Waals surface area contributed by atoms with Crippen molar-refractivity contribution in [2.24, 2.45) is 5.41 Å². The van der Waals surface area contributed by atoms with Gasteiger partial charge in [-0.1, -0.05) is 52.2 Å². The first-order valence-corrected chi connectivity index (χ1v) is 11.0. The molecular formula is C24H41NO5. The van der Waals surface area contributed by atoms with E-state index >= 15 is 0 Å². The summed E-state index contributed by atoms with van der Waals surface area (Å²) in [5.74, 6) is -0.647. The lowest BCUT2D eigenvalue weighted by Crippen LogP contribution is -2.44. The molecule has 0 bridgehead atoms. The summed E-state index contributed by atoms with van der Waals surface area (Å²) in [6.45, 7) is 9.69. The van der Waals surface area contributed by atoms with E-state index < -0.39 is 0 Å². The Morgan fingerprint density at radius 3 is 2.20 bits per heavy atom. The highest BCUT2D eigenvalue weighted by atomic mass is 16.5. The van der Waals surface area contributed by atoms with Gasteiger partial charge in [0, 0.05) is 19.4 Å². The number of carbonyl (C=O) groups excluding carboxylic acids is 3. The fourth-order valence-electron chi connectivity index (χ4n) is 3.17. The number of amides is 1. The zero-order valence-electron chi connectivity index (χ0n) is 19.7. The van der Waals surface area contributed by atoms with Crippen molar-refractivity contribution in [3.8, 4) is 0 Å². The molecule has 1 N–H and O–H groups in total. The van der Waals surface area contributed by atoms with Crippen molar-refractivity contribution in [2.45, 2.75) is 92.0 Å². The molecule has 1 atom stereocenters. The molecule has 0 aromatic heterocycles. The highest BCUT2D eigenvalue weighted by Gasteiger charge is 2.28. The lowest BCUT2D eigenvalue weighted by atomic mass is 9.80. The van der Waals surface area contributed by atoms with Crippen LogP contribution in [-0.2, 0) is 23.9 Å². The van der Waals surface area contributed by atoms with Crippen LogP contribution < -0.4 is 5.32 Å². The summed E-state index contributed by atoms with van der Waals surface area (Å²) in [6, 6.07) is -0.251. The molecule has 0 unspecified atom stereocenters. The predicted octanol–water partition coefficient (Wildman–Crippen LogP) is 4.88. The Kier molecular flexibility index (Phi) is 14.6. The highest BCUT2D eigenvalue weighted by molar-refractivity contribution is 5.83. The number of hydrogen-bond donors (Lipinski definition) is 1. The normalized spacial score (nSPS) is 13.2. The van der Waals surface area contributed by atoms with Gasteiger partial charge in [0.15, 0.2) is 0 Å². The molecule has 0 aromatic carbocycles. The second-order valence-electron chi connectivity index (χ2n) is 8.53. The Bertz CT molecular complexity index is 587. The molecule has 0 aromatic rings. The molecule has 6 nitrogen and oxygen atoms in total. The monoisotopic (exact) mass is 423 g/mol. The van der Waals surface area contributed by atoms with Gasteiger partial charge in [0.1, 0.15) is 0 Å². The lowest BCUT2D eigenvalue weighted by molar-refractivity contribution is -0.141. The maximum atomic E-state index is 12.0. The first-order valence-electron chi connectivity index (χ1n) is 11.0. The summed E-state index contributed by atoms with van der Waals surface area (Å²) < 4.78 is 9.71. The van der Waals surface area contributed by atoms with Crippen molar-refractivity contribution >= 4 is 17.8 Å². The molecule has 0 heterocycles. The molecule has 6 heteroatoms. The zero-order valence-corrected chi connectivity index (χ0v) is 19.7. The predicted molar refractivity (Wildman–Crippen MR) is 120 cm³/mol. The number of unbranched alkanes of at least 4 members (excludes halogenated alkanes) is 5. The summed E-state index contributed by atoms with van der Waals surface area (Å²) >= 11 is 0. The van der Waals surface area contributed by atoms with Crippen LogP contribution in [0.4, 0.5) is 0 Å². The Balaban J connectivity index is 4.66. The van der Waals surface area contributed by atoms with Crippen LogP contribution in [0.15, 0.2) is 23.8 Å². The minimum absolute atomic E-state index is 0.124. The van der Waals surface area contributed by atoms with Crippen LogP contribution in [0.3, 0.4) is 0 Å². The maximum Gasteiger partial charge on any atom is 0.330 e. The van der Waals surface area contributed by atoms with Crippen LogP contribution in [0, 0.1) is 5.41 Å². The van der Waals surface area contributed by atoms with Gasteiger partial charge in [-0.2, -0.15) is 0 Å². The molecule has 172 valence electrons. The molecule has 0 fully saturated rings. The van der Waals surface area contributed by atoms with E-state index in [0.717, 1.165) is 44.1 Å². The average Bonchev–Trinajstić information content (AvgIpc) is 2.65. The number of esters is 2. The molecule has 0 saturated carbocycles. The van der Waals surface area contributed by atoms with Crippen molar-refractivity contribution in [3.05, 3.63) is 23.8 Å². The van der Waals surface area contributed by atoms with Gasteiger partial charge >= 0.3 is 11.9 Å². The van der Waals surface area contributed by atoms with Gasteiger partial charge in [-0.05, 0) is 43.6 Å². The van der Waals surface area contributed by atoms with Crippen LogP contribution in [0.1, 0.15) is 86.0 Å². The molecule has 1 amide bonds. The maximum absolute atomic E-state index is 12.0. The molecule has 0 rings (SSSR count). The highest BCUT2D eigenvalue weighted by Crippen LogP contribution is 2.27. The Morgan fingerprint density at radius 1 is 1.00 bits per heavy atom. The topological polar surface area (TPSA) is 81.7 Å². The second kappa shape index (κ2) is 15.7. The van der Waals surface area contributed by atoms with Crippen LogP contribution in [0.25, 0.3) is 0 Å². The fourth-order valence-corrected chi connectivity index (χ4v) is 3.17. The number of ether oxygens (including phenoxy) is 2. The number of carbonyl (C=O) groups is 3. The minimum Gasteiger partial charge on any atom is -0.469 e. The molecule has 0 spiro atoms. The van der Waals surface area contributed by atoms with E-state index in [2.05, 4.69) is 22.2 Å². The quantitative estimate of drug-likeness (QED) is 0.186. The Morgan fingerprint density at radius 2 is 1.63 bits per heavy atom. The molecular weight excluding hydrogens is 382 g/mol. The number of rotatable bonds is 14. The average molecular weight is 424 g/mol.